The SMILES string of the molecule is CC[C@H](C)[C@H](N)C(=O)N[C@@H](CC(N)=O)C(=O)N[C@@H](CC(C)C)C(=O)N[C@@H](CCCCN)C(=O)N[C@@H](C)C(=O)N[C@@H](CC(C)C)C(=O)N[C@@H](C)C(=O)N[C@@H](C)C(=O)N[C@@H](CC(C)C)C(=O)N[C@@H](C)C(=O)N[C@@H](CCCCN)C(=O)N[C@@H](CCCN=C(N)N)C(=O)N[C@@H](CC(C)C)C(=O)N[C@@H](CC(C)C)C(N)=O. The number of carbonyl (C=O) groups excluding carboxylic acids is 15. The van der Waals surface area contributed by atoms with Crippen LogP contribution in [0.5, 0.6) is 0 Å². The van der Waals surface area contributed by atoms with Crippen molar-refractivity contribution in [3.8, 4) is 0 Å². The van der Waals surface area contributed by atoms with E-state index in [1.807, 2.05) is 34.6 Å². The Bertz CT molecular complexity index is 2910. The van der Waals surface area contributed by atoms with E-state index in [9.17, 15) is 71.9 Å². The second-order valence-corrected chi connectivity index (χ2v) is 29.6. The van der Waals surface area contributed by atoms with E-state index < -0.39 is 180 Å². The number of nitrogens with one attached hydrogen (secondary N) is 13. The molecule has 0 bridgehead atoms. The van der Waals surface area contributed by atoms with Crippen LogP contribution in [0.25, 0.3) is 0 Å². The van der Waals surface area contributed by atoms with E-state index in [0.29, 0.717) is 32.1 Å². The Balaban J connectivity index is 6.44. The quantitative estimate of drug-likeness (QED) is 0.0161. The van der Waals surface area contributed by atoms with E-state index in [2.05, 4.69) is 74.1 Å². The predicted molar refractivity (Wildman–Crippen MR) is 401 cm³/mol. The summed E-state index contributed by atoms with van der Waals surface area (Å²) >= 11 is 0. The zero-order valence-corrected chi connectivity index (χ0v) is 65.4. The number of guanidine groups is 1. The highest BCUT2D eigenvalue weighted by Crippen LogP contribution is 2.15. The highest BCUT2D eigenvalue weighted by molar-refractivity contribution is 6.00. The molecule has 27 N–H and O–H groups in total. The van der Waals surface area contributed by atoms with Crippen molar-refractivity contribution in [2.24, 2.45) is 80.6 Å². The third kappa shape index (κ3) is 39.5. The Morgan fingerprint density at radius 2 is 0.547 bits per heavy atom. The number of rotatable bonds is 53. The van der Waals surface area contributed by atoms with Gasteiger partial charge in [-0.1, -0.05) is 89.5 Å². The summed E-state index contributed by atoms with van der Waals surface area (Å²) < 4.78 is 0. The molecule has 0 spiro atoms. The molecule has 0 heterocycles. The summed E-state index contributed by atoms with van der Waals surface area (Å²) in [7, 11) is 0. The maximum atomic E-state index is 14.2. The molecule has 36 nitrogen and oxygen atoms in total. The number of carbonyl (C=O) groups is 15. The van der Waals surface area contributed by atoms with Crippen molar-refractivity contribution in [2.75, 3.05) is 19.6 Å². The van der Waals surface area contributed by atoms with Gasteiger partial charge in [0.1, 0.15) is 78.5 Å². The number of hydrogen-bond donors (Lipinski definition) is 20. The Hall–Kier alpha value is -8.80. The summed E-state index contributed by atoms with van der Waals surface area (Å²) in [4.78, 5) is 208. The molecule has 0 rings (SSSR count). The lowest BCUT2D eigenvalue weighted by molar-refractivity contribution is -0.136. The van der Waals surface area contributed by atoms with Gasteiger partial charge in [-0.05, 0) is 160 Å². The monoisotopic (exact) mass is 1510 g/mol. The van der Waals surface area contributed by atoms with Crippen molar-refractivity contribution in [2.45, 2.75) is 292 Å². The van der Waals surface area contributed by atoms with Crippen LogP contribution in [0, 0.1) is 35.5 Å². The lowest BCUT2D eigenvalue weighted by atomic mass is 9.98. The highest BCUT2D eigenvalue weighted by Gasteiger charge is 2.37. The lowest BCUT2D eigenvalue weighted by Gasteiger charge is -2.28. The van der Waals surface area contributed by atoms with Crippen molar-refractivity contribution >= 4 is 94.6 Å². The van der Waals surface area contributed by atoms with Crippen LogP contribution in [-0.4, -0.2) is 199 Å². The summed E-state index contributed by atoms with van der Waals surface area (Å²) in [6.07, 6.45) is 2.31. The first-order valence-corrected chi connectivity index (χ1v) is 37.1. The van der Waals surface area contributed by atoms with E-state index in [4.69, 9.17) is 40.1 Å². The van der Waals surface area contributed by atoms with Crippen molar-refractivity contribution in [1.29, 1.82) is 0 Å². The van der Waals surface area contributed by atoms with Crippen LogP contribution in [0.2, 0.25) is 0 Å². The van der Waals surface area contributed by atoms with E-state index in [0.717, 1.165) is 0 Å². The van der Waals surface area contributed by atoms with E-state index in [1.54, 1.807) is 48.5 Å². The fourth-order valence-corrected chi connectivity index (χ4v) is 10.8. The summed E-state index contributed by atoms with van der Waals surface area (Å²) in [5.74, 6) is -13.2. The molecule has 15 atom stereocenters. The number of primary amides is 2. The van der Waals surface area contributed by atoms with Crippen LogP contribution in [0.15, 0.2) is 4.99 Å². The second kappa shape index (κ2) is 50.7. The molecule has 0 radical (unpaired) electrons. The highest BCUT2D eigenvalue weighted by atomic mass is 16.2. The topological polar surface area (TPSA) is 607 Å². The van der Waals surface area contributed by atoms with Crippen LogP contribution in [0.1, 0.15) is 207 Å². The molecule has 15 amide bonds. The number of amides is 15. The van der Waals surface area contributed by atoms with Crippen molar-refractivity contribution in [3.63, 3.8) is 0 Å². The maximum Gasteiger partial charge on any atom is 0.243 e. The van der Waals surface area contributed by atoms with Gasteiger partial charge in [-0.2, -0.15) is 0 Å². The first-order chi connectivity index (χ1) is 49.4. The molecule has 0 aliphatic carbocycles. The molecule has 0 saturated heterocycles. The average molecular weight is 1510 g/mol. The molecule has 36 heteroatoms. The van der Waals surface area contributed by atoms with Crippen LogP contribution < -0.4 is 109 Å². The fraction of sp³-hybridized carbons (Fsp3) is 0.771. The third-order valence-electron chi connectivity index (χ3n) is 17.1. The minimum absolute atomic E-state index is 0.0120. The smallest absolute Gasteiger partial charge is 0.243 e. The molecule has 0 aliphatic heterocycles. The molecule has 0 aromatic heterocycles. The largest absolute Gasteiger partial charge is 0.370 e. The molecule has 606 valence electrons. The zero-order chi connectivity index (χ0) is 81.4. The summed E-state index contributed by atoms with van der Waals surface area (Å²) in [5.41, 5.74) is 39.7. The molecular formula is C70H131N21O15. The fourth-order valence-electron chi connectivity index (χ4n) is 10.8. The first-order valence-electron chi connectivity index (χ1n) is 37.1. The molecular weight excluding hydrogens is 1370 g/mol. The van der Waals surface area contributed by atoms with Gasteiger partial charge in [-0.15, -0.1) is 0 Å². The first kappa shape index (κ1) is 97.2. The van der Waals surface area contributed by atoms with Crippen LogP contribution in [0.4, 0.5) is 0 Å². The van der Waals surface area contributed by atoms with Crippen LogP contribution in [0.3, 0.4) is 0 Å². The average Bonchev–Trinajstić information content (AvgIpc) is 0.884. The Morgan fingerprint density at radius 1 is 0.302 bits per heavy atom. The van der Waals surface area contributed by atoms with E-state index >= 15 is 0 Å². The van der Waals surface area contributed by atoms with Crippen molar-refractivity contribution < 1.29 is 71.9 Å². The molecule has 106 heavy (non-hydrogen) atoms. The number of aliphatic imine (C=N–C) groups is 1. The number of unbranched alkanes of at least 4 members (excludes halogenated alkanes) is 2. The Labute approximate surface area is 625 Å². The van der Waals surface area contributed by atoms with Gasteiger partial charge in [0.05, 0.1) is 12.5 Å². The van der Waals surface area contributed by atoms with Gasteiger partial charge in [-0.25, -0.2) is 0 Å². The van der Waals surface area contributed by atoms with E-state index in [1.165, 1.54) is 27.7 Å². The lowest BCUT2D eigenvalue weighted by Crippen LogP contribution is -2.60. The van der Waals surface area contributed by atoms with Crippen LogP contribution in [-0.2, 0) is 71.9 Å². The summed E-state index contributed by atoms with van der Waals surface area (Å²) in [6, 6.07) is -17.6. The maximum absolute atomic E-state index is 14.2. The van der Waals surface area contributed by atoms with Crippen LogP contribution >= 0.6 is 0 Å². The molecule has 0 saturated carbocycles. The molecule has 0 aromatic rings. The minimum Gasteiger partial charge on any atom is -0.370 e. The van der Waals surface area contributed by atoms with Crippen molar-refractivity contribution in [1.82, 2.24) is 69.1 Å². The van der Waals surface area contributed by atoms with Gasteiger partial charge >= 0.3 is 0 Å². The van der Waals surface area contributed by atoms with Gasteiger partial charge in [0.2, 0.25) is 88.6 Å². The second-order valence-electron chi connectivity index (χ2n) is 29.6. The zero-order valence-electron chi connectivity index (χ0n) is 65.4. The van der Waals surface area contributed by atoms with E-state index in [-0.39, 0.29) is 119 Å². The number of hydrogen-bond acceptors (Lipinski definition) is 19. The predicted octanol–water partition coefficient (Wildman–Crippen LogP) is -3.36. The molecule has 0 aromatic carbocycles. The Kier molecular flexibility index (Phi) is 46.4. The molecule has 0 fully saturated rings. The normalized spacial score (nSPS) is 15.6. The van der Waals surface area contributed by atoms with Gasteiger partial charge in [0.15, 0.2) is 5.96 Å². The number of nitrogens with zero attached hydrogens (tertiary/aromatic N) is 1. The molecule has 0 aliphatic rings. The number of nitrogens with two attached hydrogens (primary N) is 7. The Morgan fingerprint density at radius 3 is 0.858 bits per heavy atom. The third-order valence-corrected chi connectivity index (χ3v) is 17.1. The molecule has 0 unspecified atom stereocenters. The minimum atomic E-state index is -1.49. The summed E-state index contributed by atoms with van der Waals surface area (Å²) in [6.45, 7) is 27.5. The summed E-state index contributed by atoms with van der Waals surface area (Å²) in [5, 5.41) is 33.9. The van der Waals surface area contributed by atoms with Gasteiger partial charge in [0, 0.05) is 6.54 Å². The van der Waals surface area contributed by atoms with Gasteiger partial charge in [-0.3, -0.25) is 76.9 Å². The van der Waals surface area contributed by atoms with Gasteiger partial charge in [0.25, 0.3) is 0 Å². The van der Waals surface area contributed by atoms with Gasteiger partial charge < -0.3 is 109 Å². The van der Waals surface area contributed by atoms with Crippen molar-refractivity contribution in [3.05, 3.63) is 0 Å². The standard InChI is InChI=1S/C70H131N21O15/c1-17-40(12)55(74)69(106)91-53(34-54(73)92)68(105)90-51(32-38(8)9)66(103)85-45(23-18-20-26-71)61(98)80-44(16)60(97)88-49(30-36(4)5)64(101)81-41(13)57(94)79-42(14)59(96)87-50(31-37(6)7)65(102)82-43(15)58(95)83-46(24-19-21-27-72)62(99)84-47(25-22-28-78-70(76)77)63(100)89-52(33-39(10)11)67(104)86-48(56(75)93)29-35(2)3/h35-53,55H,17-34,71-72,74H2,1-16H3,(H2,73,92)(H2,75,93)(H,79,94)(H,80,98)(H,81,101)(H,82,102)(H,83,95)(H,84,99)(H,85,103)(H,86,104)(H,87,96)(H,88,97)(H,89,100)(H,90,105)(H,91,106)(H4,76,77,78)/t40-,41-,42-,43-,44-,45-,46-,47-,48-,49-,50-,51-,52-,53-,55-/m0/s1.